The van der Waals surface area contributed by atoms with Gasteiger partial charge < -0.3 is 0 Å². The first-order valence-electron chi connectivity index (χ1n) is 2.54. The van der Waals surface area contributed by atoms with Crippen LogP contribution in [0.4, 0.5) is 0 Å². The Bertz CT molecular complexity index is 58.3. The molecule has 1 aliphatic rings. The number of hydrogen-bond donors (Lipinski definition) is 0. The van der Waals surface area contributed by atoms with Gasteiger partial charge in [0.1, 0.15) is 0 Å². The van der Waals surface area contributed by atoms with Crippen LogP contribution in [0.1, 0.15) is 20.6 Å². The van der Waals surface area contributed by atoms with Gasteiger partial charge in [-0.25, -0.2) is 0 Å². The molecule has 0 spiro atoms. The molecule has 0 fully saturated rings. The molecule has 1 rings (SSSR count). The Kier molecular flexibility index (Phi) is 0.503. The van der Waals surface area contributed by atoms with Crippen molar-refractivity contribution in [1.82, 2.24) is 0 Å². The summed E-state index contributed by atoms with van der Waals surface area (Å²) in [7, 11) is 0. The zero-order valence-electron chi connectivity index (χ0n) is 4.15. The normalized spacial score (nSPS) is 27.6. The molecule has 0 amide bonds. The van der Waals surface area contributed by atoms with E-state index in [2.05, 4.69) is 12.2 Å². The zero-order valence-corrected chi connectivity index (χ0v) is 3.15. The minimum Gasteiger partial charge on any atom is -0.0885 e. The molecular weight excluding hydrogens is 60.1 g/mol. The van der Waals surface area contributed by atoms with Gasteiger partial charge in [0.25, 0.3) is 0 Å². The van der Waals surface area contributed by atoms with Crippen LogP contribution in [-0.2, 0) is 0 Å². The molecule has 0 heterocycles. The van der Waals surface area contributed by atoms with E-state index in [1.807, 2.05) is 0 Å². The molecule has 0 aliphatic heterocycles. The van der Waals surface area contributed by atoms with Gasteiger partial charge in [-0.1, -0.05) is 12.2 Å². The van der Waals surface area contributed by atoms with Crippen LogP contribution in [0.5, 0.6) is 0 Å². The lowest BCUT2D eigenvalue weighted by Gasteiger charge is -1.69. The molecule has 0 nitrogen and oxygen atoms in total. The van der Waals surface area contributed by atoms with E-state index in [1.165, 1.54) is 0 Å². The Morgan fingerprint density at radius 3 is 2.20 bits per heavy atom. The van der Waals surface area contributed by atoms with Crippen LogP contribution in [0.25, 0.3) is 0 Å². The lowest BCUT2D eigenvalue weighted by atomic mass is 10.4. The first-order valence-corrected chi connectivity index (χ1v) is 1.97. The Labute approximate surface area is 33.9 Å². The fourth-order valence-corrected chi connectivity index (χ4v) is 0.481. The van der Waals surface area contributed by atoms with Crippen molar-refractivity contribution in [1.29, 1.82) is 0 Å². The summed E-state index contributed by atoms with van der Waals surface area (Å²) in [6.45, 7) is 0. The van der Waals surface area contributed by atoms with Crippen molar-refractivity contribution in [2.75, 3.05) is 0 Å². The van der Waals surface area contributed by atoms with Crippen molar-refractivity contribution in [3.63, 3.8) is 0 Å². The quantitative estimate of drug-likeness (QED) is 0.380. The minimum atomic E-state index is 0.185. The third-order valence-corrected chi connectivity index (χ3v) is 0.772. The summed E-state index contributed by atoms with van der Waals surface area (Å²) < 4.78 is 7.07. The maximum absolute atomic E-state index is 7.07. The summed E-state index contributed by atoms with van der Waals surface area (Å²) in [6.07, 6.45) is 6.26. The van der Waals surface area contributed by atoms with Crippen LogP contribution < -0.4 is 0 Å². The second-order valence-corrected chi connectivity index (χ2v) is 1.23. The average molecular weight is 69.1 g/mol. The number of rotatable bonds is 0. The van der Waals surface area contributed by atoms with Gasteiger partial charge in [-0.05, 0) is 19.2 Å². The van der Waals surface area contributed by atoms with Crippen LogP contribution in [-0.4, -0.2) is 0 Å². The van der Waals surface area contributed by atoms with E-state index < -0.39 is 0 Å². The Morgan fingerprint density at radius 2 is 2.00 bits per heavy atom. The molecule has 0 aromatic heterocycles. The highest BCUT2D eigenvalue weighted by atomic mass is 13.9. The molecule has 0 saturated heterocycles. The molecule has 1 aliphatic carbocycles. The third-order valence-electron chi connectivity index (χ3n) is 0.772. The maximum Gasteiger partial charge on any atom is 0.0273 e. The van der Waals surface area contributed by atoms with Gasteiger partial charge in [0.05, 0.1) is 0 Å². The zero-order chi connectivity index (χ0) is 4.41. The van der Waals surface area contributed by atoms with Gasteiger partial charge in [0.2, 0.25) is 0 Å². The van der Waals surface area contributed by atoms with Gasteiger partial charge in [-0.15, -0.1) is 0 Å². The number of hydrogen-bond acceptors (Lipinski definition) is 0. The van der Waals surface area contributed by atoms with Crippen LogP contribution in [0.2, 0.25) is 0 Å². The first kappa shape index (κ1) is 2.01. The molecule has 0 bridgehead atoms. The highest BCUT2D eigenvalue weighted by Crippen LogP contribution is 2.05. The van der Waals surface area contributed by atoms with E-state index in [1.54, 1.807) is 0 Å². The van der Waals surface area contributed by atoms with Gasteiger partial charge in [-0.2, -0.15) is 0 Å². The topological polar surface area (TPSA) is 0 Å². The summed E-state index contributed by atoms with van der Waals surface area (Å²) in [4.78, 5) is 0. The second-order valence-electron chi connectivity index (χ2n) is 1.23. The van der Waals surface area contributed by atoms with Crippen LogP contribution in [0.15, 0.2) is 12.2 Å². The molecule has 0 heteroatoms. The molecule has 0 unspecified atom stereocenters. The predicted octanol–water partition coefficient (Wildman–Crippen LogP) is 1.73. The van der Waals surface area contributed by atoms with Crippen LogP contribution >= 0.6 is 0 Å². The smallest absolute Gasteiger partial charge is 0.0273 e. The third kappa shape index (κ3) is 0.504. The molecule has 0 N–H and O–H groups in total. The Morgan fingerprint density at radius 1 is 1.40 bits per heavy atom. The highest BCUT2D eigenvalue weighted by Gasteiger charge is 1.84. The summed E-state index contributed by atoms with van der Waals surface area (Å²) >= 11 is 0. The largest absolute Gasteiger partial charge is 0.0885 e. The molecule has 0 radical (unpaired) electrons. The molecule has 0 aromatic rings. The van der Waals surface area contributed by atoms with E-state index in [4.69, 9.17) is 1.37 Å². The van der Waals surface area contributed by atoms with Crippen molar-refractivity contribution < 1.29 is 1.37 Å². The van der Waals surface area contributed by atoms with E-state index in [0.29, 0.717) is 0 Å². The van der Waals surface area contributed by atoms with E-state index in [-0.39, 0.29) is 6.40 Å². The Hall–Kier alpha value is -0.260. The molecule has 0 aromatic carbocycles. The van der Waals surface area contributed by atoms with E-state index in [0.717, 1.165) is 12.8 Å². The van der Waals surface area contributed by atoms with Gasteiger partial charge in [0, 0.05) is 1.37 Å². The monoisotopic (exact) mass is 69.1 g/mol. The predicted molar refractivity (Wildman–Crippen MR) is 23.0 cm³/mol. The number of allylic oxidation sites excluding steroid dienone is 2. The summed E-state index contributed by atoms with van der Waals surface area (Å²) in [5.74, 6) is 0. The van der Waals surface area contributed by atoms with Crippen molar-refractivity contribution in [2.45, 2.75) is 19.2 Å². The first-order chi connectivity index (χ1) is 2.89. The fourth-order valence-electron chi connectivity index (χ4n) is 0.481. The van der Waals surface area contributed by atoms with Crippen molar-refractivity contribution >= 4 is 0 Å². The Balaban J connectivity index is 2.32. The summed E-state index contributed by atoms with van der Waals surface area (Å²) in [5, 5.41) is 0. The van der Waals surface area contributed by atoms with Crippen molar-refractivity contribution in [2.24, 2.45) is 0 Å². The summed E-state index contributed by atoms with van der Waals surface area (Å²) in [6, 6.07) is 0. The lowest BCUT2D eigenvalue weighted by molar-refractivity contribution is 0.929. The van der Waals surface area contributed by atoms with Crippen LogP contribution in [0, 0.1) is 0 Å². The van der Waals surface area contributed by atoms with Gasteiger partial charge >= 0.3 is 0 Å². The van der Waals surface area contributed by atoms with E-state index in [9.17, 15) is 0 Å². The molecule has 0 atom stereocenters. The van der Waals surface area contributed by atoms with E-state index >= 15 is 0 Å². The lowest BCUT2D eigenvalue weighted by Crippen LogP contribution is -1.50. The SMILES string of the molecule is [2H]C1CC=CC1. The van der Waals surface area contributed by atoms with Crippen molar-refractivity contribution in [3.8, 4) is 0 Å². The van der Waals surface area contributed by atoms with Crippen molar-refractivity contribution in [3.05, 3.63) is 12.2 Å². The van der Waals surface area contributed by atoms with Gasteiger partial charge in [0.15, 0.2) is 0 Å². The van der Waals surface area contributed by atoms with Gasteiger partial charge in [-0.3, -0.25) is 0 Å². The highest BCUT2D eigenvalue weighted by molar-refractivity contribution is 4.88. The molecular formula is C5H8. The minimum absolute atomic E-state index is 0.185. The molecule has 5 heavy (non-hydrogen) atoms. The van der Waals surface area contributed by atoms with Crippen LogP contribution in [0.3, 0.4) is 0 Å². The maximum atomic E-state index is 7.07. The molecule has 28 valence electrons. The second kappa shape index (κ2) is 1.25. The average Bonchev–Trinajstić information content (AvgIpc) is 1.86. The molecule has 0 saturated carbocycles. The standard InChI is InChI=1S/C5H8/c1-2-4-5-3-1/h1-2H,3-5H2/i5D. The fraction of sp³-hybridized carbons (Fsp3) is 0.600. The summed E-state index contributed by atoms with van der Waals surface area (Å²) in [5.41, 5.74) is 0.